The van der Waals surface area contributed by atoms with Crippen molar-refractivity contribution in [2.75, 3.05) is 19.0 Å². The van der Waals surface area contributed by atoms with E-state index in [-0.39, 0.29) is 0 Å². The molecule has 0 bridgehead atoms. The first kappa shape index (κ1) is 8.74. The van der Waals surface area contributed by atoms with Crippen LogP contribution in [0.5, 0.6) is 0 Å². The summed E-state index contributed by atoms with van der Waals surface area (Å²) in [5, 5.41) is 4.20. The van der Waals surface area contributed by atoms with Gasteiger partial charge in [0.1, 0.15) is 9.22 Å². The molecule has 0 atom stereocenters. The van der Waals surface area contributed by atoms with E-state index in [1.54, 1.807) is 6.20 Å². The first-order valence-corrected chi connectivity index (χ1v) is 4.93. The van der Waals surface area contributed by atoms with Gasteiger partial charge >= 0.3 is 0 Å². The van der Waals surface area contributed by atoms with Crippen molar-refractivity contribution in [3.8, 4) is 0 Å². The van der Waals surface area contributed by atoms with Gasteiger partial charge in [0.25, 0.3) is 0 Å². The van der Waals surface area contributed by atoms with E-state index in [9.17, 15) is 0 Å². The molecule has 0 saturated carbocycles. The summed E-state index contributed by atoms with van der Waals surface area (Å²) in [6, 6.07) is 1.96. The summed E-state index contributed by atoms with van der Waals surface area (Å²) in [6.45, 7) is 0. The van der Waals surface area contributed by atoms with Crippen LogP contribution < -0.4 is 4.90 Å². The van der Waals surface area contributed by atoms with Crippen LogP contribution in [0.2, 0.25) is 0 Å². The first-order chi connectivity index (χ1) is 6.20. The minimum absolute atomic E-state index is 0.943. The van der Waals surface area contributed by atoms with Crippen LogP contribution >= 0.6 is 22.6 Å². The van der Waals surface area contributed by atoms with Crippen LogP contribution in [0.1, 0.15) is 0 Å². The molecule has 4 nitrogen and oxygen atoms in total. The highest BCUT2D eigenvalue weighted by Gasteiger charge is 2.06. The monoisotopic (exact) mass is 288 g/mol. The topological polar surface area (TPSA) is 33.4 Å². The predicted molar refractivity (Wildman–Crippen MR) is 60.0 cm³/mol. The molecule has 2 aromatic rings. The van der Waals surface area contributed by atoms with Crippen LogP contribution in [0, 0.1) is 3.70 Å². The molecular weight excluding hydrogens is 279 g/mol. The molecule has 5 heteroatoms. The minimum Gasteiger partial charge on any atom is -0.361 e. The van der Waals surface area contributed by atoms with Gasteiger partial charge in [0.05, 0.1) is 12.4 Å². The lowest BCUT2D eigenvalue weighted by atomic mass is 10.4. The summed E-state index contributed by atoms with van der Waals surface area (Å²) >= 11 is 2.21. The predicted octanol–water partition coefficient (Wildman–Crippen LogP) is 1.40. The van der Waals surface area contributed by atoms with Crippen molar-refractivity contribution in [1.82, 2.24) is 14.6 Å². The Kier molecular flexibility index (Phi) is 2.10. The minimum atomic E-state index is 0.943. The van der Waals surface area contributed by atoms with Crippen LogP contribution in [-0.2, 0) is 0 Å². The normalized spacial score (nSPS) is 10.7. The second-order valence-electron chi connectivity index (χ2n) is 2.93. The molecule has 2 aromatic heterocycles. The van der Waals surface area contributed by atoms with E-state index < -0.39 is 0 Å². The molecule has 0 N–H and O–H groups in total. The van der Waals surface area contributed by atoms with Gasteiger partial charge in [0.2, 0.25) is 0 Å². The molecule has 0 fully saturated rings. The van der Waals surface area contributed by atoms with Crippen molar-refractivity contribution in [3.63, 3.8) is 0 Å². The zero-order chi connectivity index (χ0) is 9.42. The van der Waals surface area contributed by atoms with Crippen LogP contribution in [-0.4, -0.2) is 28.7 Å². The van der Waals surface area contributed by atoms with Crippen LogP contribution in [0.25, 0.3) is 5.52 Å². The molecule has 0 aromatic carbocycles. The van der Waals surface area contributed by atoms with Gasteiger partial charge in [0, 0.05) is 14.1 Å². The number of hydrogen-bond donors (Lipinski definition) is 0. The summed E-state index contributed by atoms with van der Waals surface area (Å²) in [5.41, 5.74) is 1.04. The highest BCUT2D eigenvalue weighted by Crippen LogP contribution is 2.17. The van der Waals surface area contributed by atoms with Crippen molar-refractivity contribution < 1.29 is 0 Å². The van der Waals surface area contributed by atoms with E-state index in [0.29, 0.717) is 0 Å². The van der Waals surface area contributed by atoms with E-state index in [1.165, 1.54) is 0 Å². The maximum atomic E-state index is 4.34. The second-order valence-corrected chi connectivity index (χ2v) is 4.03. The Morgan fingerprint density at radius 3 is 2.92 bits per heavy atom. The molecule has 0 radical (unpaired) electrons. The third-order valence-electron chi connectivity index (χ3n) is 1.79. The molecule has 68 valence electrons. The number of fused-ring (bicyclic) bond motifs is 1. The average molecular weight is 288 g/mol. The highest BCUT2D eigenvalue weighted by molar-refractivity contribution is 14.1. The Morgan fingerprint density at radius 1 is 1.46 bits per heavy atom. The Hall–Kier alpha value is -0.850. The summed E-state index contributed by atoms with van der Waals surface area (Å²) in [6.07, 6.45) is 3.60. The molecule has 0 spiro atoms. The van der Waals surface area contributed by atoms with Gasteiger partial charge in [-0.25, -0.2) is 9.50 Å². The fraction of sp³-hybridized carbons (Fsp3) is 0.250. The van der Waals surface area contributed by atoms with E-state index in [0.717, 1.165) is 15.0 Å². The fourth-order valence-electron chi connectivity index (χ4n) is 1.22. The molecule has 13 heavy (non-hydrogen) atoms. The highest BCUT2D eigenvalue weighted by atomic mass is 127. The molecule has 0 aliphatic heterocycles. The Bertz CT molecular complexity index is 435. The van der Waals surface area contributed by atoms with Crippen molar-refractivity contribution in [3.05, 3.63) is 22.2 Å². The quantitative estimate of drug-likeness (QED) is 0.744. The lowest BCUT2D eigenvalue weighted by Gasteiger charge is -2.12. The number of aromatic nitrogens is 3. The second kappa shape index (κ2) is 3.13. The maximum absolute atomic E-state index is 4.34. The number of nitrogens with zero attached hydrogens (tertiary/aromatic N) is 4. The molecule has 0 unspecified atom stereocenters. The number of hydrogen-bond acceptors (Lipinski definition) is 3. The van der Waals surface area contributed by atoms with Gasteiger partial charge in [-0.15, -0.1) is 0 Å². The average Bonchev–Trinajstić information content (AvgIpc) is 2.53. The van der Waals surface area contributed by atoms with Gasteiger partial charge < -0.3 is 4.90 Å². The summed E-state index contributed by atoms with van der Waals surface area (Å²) < 4.78 is 2.89. The zero-order valence-corrected chi connectivity index (χ0v) is 9.56. The van der Waals surface area contributed by atoms with Gasteiger partial charge in [-0.1, -0.05) is 0 Å². The Morgan fingerprint density at radius 2 is 2.23 bits per heavy atom. The smallest absolute Gasteiger partial charge is 0.154 e. The van der Waals surface area contributed by atoms with Gasteiger partial charge in [-0.2, -0.15) is 5.10 Å². The summed E-state index contributed by atoms with van der Waals surface area (Å²) in [4.78, 5) is 6.32. The standard InChI is InChI=1S/C8H9IN4/c1-12(2)8-6-3-4-11-13(6)7(9)5-10-8/h3-5H,1-2H3. The Labute approximate surface area is 89.7 Å². The lowest BCUT2D eigenvalue weighted by Crippen LogP contribution is -2.12. The van der Waals surface area contributed by atoms with Gasteiger partial charge in [-0.3, -0.25) is 0 Å². The molecule has 0 saturated heterocycles. The van der Waals surface area contributed by atoms with Crippen LogP contribution in [0.15, 0.2) is 18.5 Å². The molecular formula is C8H9IN4. The fourth-order valence-corrected chi connectivity index (χ4v) is 1.75. The zero-order valence-electron chi connectivity index (χ0n) is 7.40. The molecule has 2 rings (SSSR count). The number of rotatable bonds is 1. The summed E-state index contributed by atoms with van der Waals surface area (Å²) in [7, 11) is 3.95. The van der Waals surface area contributed by atoms with Crippen LogP contribution in [0.4, 0.5) is 5.82 Å². The van der Waals surface area contributed by atoms with Crippen molar-refractivity contribution in [2.45, 2.75) is 0 Å². The van der Waals surface area contributed by atoms with Gasteiger partial charge in [-0.05, 0) is 28.7 Å². The largest absolute Gasteiger partial charge is 0.361 e. The number of anilines is 1. The molecule has 2 heterocycles. The maximum Gasteiger partial charge on any atom is 0.154 e. The first-order valence-electron chi connectivity index (χ1n) is 3.85. The van der Waals surface area contributed by atoms with E-state index in [2.05, 4.69) is 32.7 Å². The summed E-state index contributed by atoms with van der Waals surface area (Å²) in [5.74, 6) is 0.943. The lowest BCUT2D eigenvalue weighted by molar-refractivity contribution is 0.905. The van der Waals surface area contributed by atoms with Crippen molar-refractivity contribution in [1.29, 1.82) is 0 Å². The van der Waals surface area contributed by atoms with E-state index in [1.807, 2.05) is 35.8 Å². The van der Waals surface area contributed by atoms with E-state index >= 15 is 0 Å². The van der Waals surface area contributed by atoms with E-state index in [4.69, 9.17) is 0 Å². The number of halogens is 1. The van der Waals surface area contributed by atoms with Crippen molar-refractivity contribution in [2.24, 2.45) is 0 Å². The van der Waals surface area contributed by atoms with Crippen molar-refractivity contribution >= 4 is 33.9 Å². The molecule has 0 aliphatic rings. The SMILES string of the molecule is CN(C)c1ncc(I)n2nccc12. The Balaban J connectivity index is 2.78. The third-order valence-corrected chi connectivity index (χ3v) is 2.53. The molecule has 0 amide bonds. The third kappa shape index (κ3) is 1.37. The molecule has 0 aliphatic carbocycles. The van der Waals surface area contributed by atoms with Gasteiger partial charge in [0.15, 0.2) is 5.82 Å². The van der Waals surface area contributed by atoms with Crippen LogP contribution in [0.3, 0.4) is 0 Å².